The zero-order chi connectivity index (χ0) is 93.8. The fraction of sp³-hybridized carbons (Fsp3) is 0.279. The predicted molar refractivity (Wildman–Crippen MR) is 536 cm³/mol. The van der Waals surface area contributed by atoms with Crippen LogP contribution in [0.5, 0.6) is 0 Å². The van der Waals surface area contributed by atoms with E-state index in [1.807, 2.05) is 286 Å². The van der Waals surface area contributed by atoms with Crippen molar-refractivity contribution in [2.24, 2.45) is 11.8 Å². The van der Waals surface area contributed by atoms with Gasteiger partial charge in [0.05, 0.1) is 42.1 Å². The van der Waals surface area contributed by atoms with Crippen molar-refractivity contribution in [2.75, 3.05) is 7.15 Å². The Morgan fingerprint density at radius 2 is 0.557 bits per heavy atom. The molecule has 0 spiro atoms. The maximum Gasteiger partial charge on any atom is 0.494 e. The van der Waals surface area contributed by atoms with Crippen molar-refractivity contribution in [3.8, 4) is 91.1 Å². The number of benzene rings is 11. The molecular formula is C104H105B4Br2Cl3FN9O8. The van der Waals surface area contributed by atoms with E-state index in [0.29, 0.717) is 72.9 Å². The van der Waals surface area contributed by atoms with Crippen LogP contribution in [0.4, 0.5) is 4.39 Å². The minimum absolute atomic E-state index is 0.202. The van der Waals surface area contributed by atoms with Crippen LogP contribution < -0.4 is 10.9 Å². The van der Waals surface area contributed by atoms with Gasteiger partial charge in [-0.15, -0.1) is 0 Å². The maximum absolute atomic E-state index is 9.96. The lowest BCUT2D eigenvalue weighted by atomic mass is 9.42. The first-order valence-electron chi connectivity index (χ1n) is 44.4. The molecule has 0 atom stereocenters. The molecule has 0 radical (unpaired) electrons. The smallest absolute Gasteiger partial charge is 0.423 e. The average Bonchev–Trinajstić information content (AvgIpc) is 0.831. The lowest BCUT2D eigenvalue weighted by Gasteiger charge is -2.62. The van der Waals surface area contributed by atoms with Crippen LogP contribution in [0.3, 0.4) is 0 Å². The van der Waals surface area contributed by atoms with Gasteiger partial charge in [-0.3, -0.25) is 4.39 Å². The Balaban J connectivity index is 0.000000130. The van der Waals surface area contributed by atoms with Gasteiger partial charge in [0.1, 0.15) is 0 Å². The number of alkyl halides is 1. The van der Waals surface area contributed by atoms with E-state index in [-0.39, 0.29) is 38.9 Å². The standard InChI is InChI=1S/C27H26BN3O2.C22H22Br2.C21H14ClN3.C15H10ClN3.C12H24B2O4.C6H6BClO2.CH3F/c1-26(2)27(3,4)33-28(32-26)22-17-15-21(16-18-22)25-30-23(19-11-7-5-8-12-19)29-24(31-25)20-13-9-6-10-14-20;23-19-5-1-17(2-6-19)21-10-15-9-16(11-21)13-22(12-15,14-21)18-3-7-20(24)8-4-18;22-18-13-11-17(12-14-18)21-24-19(15-7-3-1-4-8-15)23-20(25-21)16-9-5-2-6-10-16;16-15-18-13(11-7-3-1-4-8-11)17-14(19-15)12-9-5-2-6-10-12;1-9(2)10(3,4)16-13(15-9)14-17-11(5,6)12(7,8)18-14;8-6-3-1-5(2-4-6)7(9)10;1-2/h5-18H,1-4H3;1-8,15-16H,9-14H2;1-14H;1-10H;1-8H3;1-4,9-10H;1H3/i;;;;;;1D. The number of aromatic nitrogens is 9. The van der Waals surface area contributed by atoms with Gasteiger partial charge in [-0.05, 0) is 239 Å². The van der Waals surface area contributed by atoms with Crippen molar-refractivity contribution in [1.29, 1.82) is 0 Å². The van der Waals surface area contributed by atoms with Gasteiger partial charge in [0.15, 0.2) is 46.6 Å². The summed E-state index contributed by atoms with van der Waals surface area (Å²) < 4.78 is 54.1. The molecule has 21 rings (SSSR count). The summed E-state index contributed by atoms with van der Waals surface area (Å²) in [4.78, 5) is 41.1. The van der Waals surface area contributed by atoms with Gasteiger partial charge < -0.3 is 38.0 Å². The van der Waals surface area contributed by atoms with Gasteiger partial charge in [0.25, 0.3) is 0 Å². The Labute approximate surface area is 803 Å². The molecule has 0 unspecified atom stereocenters. The first kappa shape index (κ1) is 95.7. The SMILES string of the molecule is Brc1ccc(C23CC4CC(C2)CC(c2ccc(Br)cc2)(C4)C3)cc1.CC1(C)OB(B2OC(C)(C)C(C)(C)O2)OC1(C)C.CC1(C)OB(c2ccc(-c3nc(-c4ccccc4)nc(-c4ccccc4)n3)cc2)OC1(C)C.Clc1ccc(-c2nc(-c3ccccc3)nc(-c3ccccc3)n2)cc1.Clc1nc(-c2ccccc2)nc(-c2ccccc2)n1.OB(O)c1ccc(Cl)cc1.[2H]CF. The van der Waals surface area contributed by atoms with E-state index in [1.54, 1.807) is 35.4 Å². The molecule has 7 aliphatic rings. The molecule has 14 aromatic rings. The highest BCUT2D eigenvalue weighted by Gasteiger charge is 2.64. The molecule has 0 amide bonds. The van der Waals surface area contributed by atoms with Crippen molar-refractivity contribution in [2.45, 2.75) is 166 Å². The molecule has 3 aliphatic heterocycles. The molecule has 11 aromatic carbocycles. The second kappa shape index (κ2) is 41.7. The number of halogens is 6. The summed E-state index contributed by atoms with van der Waals surface area (Å²) in [5.74, 6) is 6.85. The van der Waals surface area contributed by atoms with E-state index in [9.17, 15) is 4.39 Å². The number of hydrogen-bond donors (Lipinski definition) is 2. The van der Waals surface area contributed by atoms with Crippen molar-refractivity contribution < 1.29 is 43.7 Å². The molecule has 3 saturated heterocycles. The van der Waals surface area contributed by atoms with Crippen molar-refractivity contribution in [3.63, 3.8) is 0 Å². The molecule has 2 N–H and O–H groups in total. The first-order valence-corrected chi connectivity index (χ1v) is 46.4. The van der Waals surface area contributed by atoms with E-state index < -0.39 is 35.4 Å². The third-order valence-electron chi connectivity index (χ3n) is 25.8. The molecule has 131 heavy (non-hydrogen) atoms. The zero-order valence-electron chi connectivity index (χ0n) is 76.4. The maximum atomic E-state index is 9.96. The van der Waals surface area contributed by atoms with Crippen molar-refractivity contribution in [1.82, 2.24) is 44.9 Å². The molecule has 668 valence electrons. The highest BCUT2D eigenvalue weighted by Crippen LogP contribution is 2.66. The Morgan fingerprint density at radius 1 is 0.328 bits per heavy atom. The fourth-order valence-electron chi connectivity index (χ4n) is 17.2. The van der Waals surface area contributed by atoms with Crippen molar-refractivity contribution >= 4 is 106 Å². The number of hydrogen-bond acceptors (Lipinski definition) is 17. The lowest BCUT2D eigenvalue weighted by molar-refractivity contribution is -0.0281. The molecule has 7 fully saturated rings. The quantitative estimate of drug-likeness (QED) is 0.103. The Morgan fingerprint density at radius 3 is 0.817 bits per heavy atom. The van der Waals surface area contributed by atoms with Crippen LogP contribution in [-0.2, 0) is 38.8 Å². The van der Waals surface area contributed by atoms with Gasteiger partial charge in [0.2, 0.25) is 5.28 Å². The van der Waals surface area contributed by atoms with Crippen LogP contribution in [0.15, 0.2) is 312 Å². The molecular weight excluding hydrogens is 1830 g/mol. The number of rotatable bonds is 13. The number of nitrogens with zero attached hydrogens (tertiary/aromatic N) is 9. The van der Waals surface area contributed by atoms with Crippen LogP contribution in [0.2, 0.25) is 15.3 Å². The van der Waals surface area contributed by atoms with E-state index in [4.69, 9.17) is 89.1 Å². The summed E-state index contributed by atoms with van der Waals surface area (Å²) in [7, 11) is -3.76. The van der Waals surface area contributed by atoms with Crippen LogP contribution in [-0.4, -0.2) is 124 Å². The van der Waals surface area contributed by atoms with Gasteiger partial charge in [-0.1, -0.05) is 298 Å². The minimum Gasteiger partial charge on any atom is -0.423 e. The molecule has 4 saturated carbocycles. The molecule has 6 heterocycles. The van der Waals surface area contributed by atoms with Crippen LogP contribution in [0, 0.1) is 11.8 Å². The summed E-state index contributed by atoms with van der Waals surface area (Å²) in [6, 6.07) is 99.6. The largest absolute Gasteiger partial charge is 0.494 e. The molecule has 17 nitrogen and oxygen atoms in total. The van der Waals surface area contributed by atoms with Gasteiger partial charge in [-0.2, -0.15) is 9.97 Å². The Hall–Kier alpha value is -9.85. The van der Waals surface area contributed by atoms with E-state index in [1.165, 1.54) is 47.5 Å². The van der Waals surface area contributed by atoms with Gasteiger partial charge in [0, 0.05) is 63.5 Å². The van der Waals surface area contributed by atoms with Crippen LogP contribution >= 0.6 is 66.7 Å². The first-order chi connectivity index (χ1) is 63.0. The average molecular weight is 1940 g/mol. The Bertz CT molecular complexity index is 5810. The van der Waals surface area contributed by atoms with Gasteiger partial charge in [-0.25, -0.2) is 34.9 Å². The van der Waals surface area contributed by atoms with E-state index >= 15 is 0 Å². The Kier molecular flexibility index (Phi) is 30.5. The predicted octanol–water partition coefficient (Wildman–Crippen LogP) is 24.4. The fourth-order valence-corrected chi connectivity index (χ4v) is 18.1. The summed E-state index contributed by atoms with van der Waals surface area (Å²) in [6.45, 7) is 24.4. The second-order valence-corrected chi connectivity index (χ2v) is 39.5. The minimum atomic E-state index is -1.41. The lowest BCUT2D eigenvalue weighted by Crippen LogP contribution is -2.55. The van der Waals surface area contributed by atoms with Crippen LogP contribution in [0.1, 0.15) is 134 Å². The van der Waals surface area contributed by atoms with E-state index in [2.05, 4.69) is 138 Å². The topological polar surface area (TPSA) is 212 Å². The third-order valence-corrected chi connectivity index (χ3v) is 27.5. The molecule has 4 bridgehead atoms. The highest BCUT2D eigenvalue weighted by atomic mass is 79.9. The third kappa shape index (κ3) is 23.5. The van der Waals surface area contributed by atoms with E-state index in [0.717, 1.165) is 61.8 Å². The molecule has 3 aromatic heterocycles. The summed E-state index contributed by atoms with van der Waals surface area (Å²) in [5.41, 5.74) is 10.7. The highest BCUT2D eigenvalue weighted by molar-refractivity contribution is 9.10. The van der Waals surface area contributed by atoms with Crippen LogP contribution in [0.25, 0.3) is 91.1 Å². The second-order valence-electron chi connectivity index (χ2n) is 36.5. The summed E-state index contributed by atoms with van der Waals surface area (Å²) in [6.07, 6.45) is 8.44. The monoisotopic (exact) mass is 1930 g/mol. The normalized spacial score (nSPS) is 19.8. The van der Waals surface area contributed by atoms with Crippen molar-refractivity contribution in [3.05, 3.63) is 339 Å². The molecule has 27 heteroatoms. The summed E-state index contributed by atoms with van der Waals surface area (Å²) >= 11 is 24.8. The van der Waals surface area contributed by atoms with Gasteiger partial charge >= 0.3 is 28.3 Å². The molecule has 4 aliphatic carbocycles. The summed E-state index contributed by atoms with van der Waals surface area (Å²) in [5, 5.41) is 18.7. The zero-order valence-corrected chi connectivity index (χ0v) is 80.9.